The van der Waals surface area contributed by atoms with Crippen molar-refractivity contribution in [2.75, 3.05) is 5.73 Å². The number of anilines is 1. The third-order valence-corrected chi connectivity index (χ3v) is 3.82. The van der Waals surface area contributed by atoms with E-state index in [2.05, 4.69) is 0 Å². The number of rotatable bonds is 1. The molecule has 5 heteroatoms. The average molecular weight is 260 g/mol. The van der Waals surface area contributed by atoms with Crippen LogP contribution in [0.15, 0.2) is 47.3 Å². The lowest BCUT2D eigenvalue weighted by Gasteiger charge is -2.02. The number of hydrogen-bond acceptors (Lipinski definition) is 3. The molecule has 18 heavy (non-hydrogen) atoms. The number of nitrogens with two attached hydrogens (primary N) is 1. The molecule has 0 unspecified atom stereocenters. The van der Waals surface area contributed by atoms with E-state index in [4.69, 9.17) is 5.73 Å². The van der Waals surface area contributed by atoms with Gasteiger partial charge in [0, 0.05) is 0 Å². The first-order chi connectivity index (χ1) is 8.66. The summed E-state index contributed by atoms with van der Waals surface area (Å²) in [5.41, 5.74) is 6.03. The zero-order valence-corrected chi connectivity index (χ0v) is 10.1. The molecule has 0 radical (unpaired) electrons. The molecule has 0 fully saturated rings. The van der Waals surface area contributed by atoms with Crippen molar-refractivity contribution in [1.29, 1.82) is 0 Å². The zero-order valence-electron chi connectivity index (χ0n) is 9.26. The number of nitrogen functional groups attached to an aromatic ring is 1. The minimum Gasteiger partial charge on any atom is -0.396 e. The largest absolute Gasteiger partial charge is 0.396 e. The van der Waals surface area contributed by atoms with Crippen LogP contribution in [0.1, 0.15) is 0 Å². The Bertz CT molecular complexity index is 791. The van der Waals surface area contributed by atoms with E-state index in [1.54, 1.807) is 12.1 Å². The predicted octanol–water partition coefficient (Wildman–Crippen LogP) is 2.77. The van der Waals surface area contributed by atoms with Gasteiger partial charge in [-0.3, -0.25) is 4.79 Å². The highest BCUT2D eigenvalue weighted by molar-refractivity contribution is 7.14. The summed E-state index contributed by atoms with van der Waals surface area (Å²) in [7, 11) is 0. The van der Waals surface area contributed by atoms with Crippen molar-refractivity contribution >= 4 is 27.3 Å². The Labute approximate surface area is 106 Å². The fraction of sp³-hybridized carbons (Fsp3) is 0. The lowest BCUT2D eigenvalue weighted by Crippen LogP contribution is -2.11. The number of benzene rings is 2. The van der Waals surface area contributed by atoms with E-state index >= 15 is 0 Å². The first kappa shape index (κ1) is 11.0. The molecule has 3 rings (SSSR count). The second kappa shape index (κ2) is 3.96. The molecule has 0 atom stereocenters. The van der Waals surface area contributed by atoms with Gasteiger partial charge in [-0.1, -0.05) is 23.7 Å². The van der Waals surface area contributed by atoms with Gasteiger partial charge in [0.2, 0.25) is 0 Å². The molecule has 0 spiro atoms. The molecule has 0 saturated heterocycles. The summed E-state index contributed by atoms with van der Waals surface area (Å²) in [6.45, 7) is 0. The van der Waals surface area contributed by atoms with Crippen LogP contribution >= 0.6 is 11.5 Å². The molecule has 3 aromatic rings. The molecular formula is C13H9FN2OS. The van der Waals surface area contributed by atoms with E-state index in [0.717, 1.165) is 4.70 Å². The first-order valence-corrected chi connectivity index (χ1v) is 6.10. The predicted molar refractivity (Wildman–Crippen MR) is 71.8 cm³/mol. The molecule has 1 heterocycles. The quantitative estimate of drug-likeness (QED) is 0.684. The van der Waals surface area contributed by atoms with Crippen molar-refractivity contribution in [3.63, 3.8) is 0 Å². The Morgan fingerprint density at radius 3 is 2.67 bits per heavy atom. The maximum Gasteiger partial charge on any atom is 0.273 e. The van der Waals surface area contributed by atoms with E-state index in [0.29, 0.717) is 11.1 Å². The van der Waals surface area contributed by atoms with Crippen LogP contribution in [0, 0.1) is 5.82 Å². The van der Waals surface area contributed by atoms with Crippen LogP contribution in [0.5, 0.6) is 0 Å². The van der Waals surface area contributed by atoms with E-state index < -0.39 is 5.82 Å². The molecule has 3 nitrogen and oxygen atoms in total. The third-order valence-electron chi connectivity index (χ3n) is 2.71. The summed E-state index contributed by atoms with van der Waals surface area (Å²) >= 11 is 1.32. The first-order valence-electron chi connectivity index (χ1n) is 5.33. The third kappa shape index (κ3) is 1.60. The molecule has 0 aliphatic carbocycles. The summed E-state index contributed by atoms with van der Waals surface area (Å²) in [4.78, 5) is 12.2. The minimum atomic E-state index is -0.479. The topological polar surface area (TPSA) is 48.0 Å². The second-order valence-corrected chi connectivity index (χ2v) is 4.88. The molecule has 0 amide bonds. The van der Waals surface area contributed by atoms with Gasteiger partial charge in [-0.25, -0.2) is 8.35 Å². The van der Waals surface area contributed by atoms with Crippen LogP contribution in [0.3, 0.4) is 0 Å². The number of hydrogen-bond donors (Lipinski definition) is 1. The molecule has 2 N–H and O–H groups in total. The van der Waals surface area contributed by atoms with Crippen LogP contribution in [-0.4, -0.2) is 3.96 Å². The highest BCUT2D eigenvalue weighted by Crippen LogP contribution is 2.21. The standard InChI is InChI=1S/C13H9FN2OS/c14-10-6-5-8(7-11(10)15)16-13(17)9-3-1-2-4-12(9)18-16/h1-7H,15H2. The van der Waals surface area contributed by atoms with Crippen molar-refractivity contribution in [2.45, 2.75) is 0 Å². The summed E-state index contributed by atoms with van der Waals surface area (Å²) in [6.07, 6.45) is 0. The van der Waals surface area contributed by atoms with Gasteiger partial charge in [0.1, 0.15) is 5.82 Å². The Morgan fingerprint density at radius 1 is 1.17 bits per heavy atom. The Hall–Kier alpha value is -2.14. The monoisotopic (exact) mass is 260 g/mol. The Morgan fingerprint density at radius 2 is 1.94 bits per heavy atom. The van der Waals surface area contributed by atoms with Gasteiger partial charge in [0.05, 0.1) is 21.5 Å². The molecule has 2 aromatic carbocycles. The van der Waals surface area contributed by atoms with Gasteiger partial charge < -0.3 is 5.73 Å². The highest BCUT2D eigenvalue weighted by atomic mass is 32.1. The van der Waals surface area contributed by atoms with Crippen molar-refractivity contribution in [2.24, 2.45) is 0 Å². The number of aromatic nitrogens is 1. The highest BCUT2D eigenvalue weighted by Gasteiger charge is 2.09. The van der Waals surface area contributed by atoms with Gasteiger partial charge in [0.25, 0.3) is 5.56 Å². The van der Waals surface area contributed by atoms with Gasteiger partial charge in [-0.2, -0.15) is 0 Å². The lowest BCUT2D eigenvalue weighted by atomic mass is 10.2. The van der Waals surface area contributed by atoms with Crippen molar-refractivity contribution < 1.29 is 4.39 Å². The van der Waals surface area contributed by atoms with Crippen molar-refractivity contribution in [1.82, 2.24) is 3.96 Å². The van der Waals surface area contributed by atoms with Crippen LogP contribution in [0.25, 0.3) is 15.8 Å². The average Bonchev–Trinajstić information content (AvgIpc) is 2.71. The van der Waals surface area contributed by atoms with Crippen LogP contribution in [0.2, 0.25) is 0 Å². The fourth-order valence-corrected chi connectivity index (χ4v) is 2.79. The summed E-state index contributed by atoms with van der Waals surface area (Å²) in [5, 5.41) is 0.658. The second-order valence-electron chi connectivity index (χ2n) is 3.89. The SMILES string of the molecule is Nc1cc(-n2sc3ccccc3c2=O)ccc1F. The maximum absolute atomic E-state index is 13.1. The summed E-state index contributed by atoms with van der Waals surface area (Å²) < 4.78 is 15.5. The molecule has 1 aromatic heterocycles. The molecular weight excluding hydrogens is 251 g/mol. The maximum atomic E-state index is 13.1. The molecule has 90 valence electrons. The number of halogens is 1. The summed E-state index contributed by atoms with van der Waals surface area (Å²) in [5.74, 6) is -0.479. The normalized spacial score (nSPS) is 10.9. The van der Waals surface area contributed by atoms with Crippen LogP contribution in [-0.2, 0) is 0 Å². The van der Waals surface area contributed by atoms with E-state index in [1.807, 2.05) is 18.2 Å². The zero-order chi connectivity index (χ0) is 12.7. The van der Waals surface area contributed by atoms with Gasteiger partial charge >= 0.3 is 0 Å². The van der Waals surface area contributed by atoms with Gasteiger partial charge in [-0.15, -0.1) is 0 Å². The van der Waals surface area contributed by atoms with E-state index in [1.165, 1.54) is 27.6 Å². The number of fused-ring (bicyclic) bond motifs is 1. The van der Waals surface area contributed by atoms with Gasteiger partial charge in [0.15, 0.2) is 0 Å². The smallest absolute Gasteiger partial charge is 0.273 e. The van der Waals surface area contributed by atoms with Crippen molar-refractivity contribution in [3.8, 4) is 5.69 Å². The van der Waals surface area contributed by atoms with Crippen LogP contribution in [0.4, 0.5) is 10.1 Å². The van der Waals surface area contributed by atoms with E-state index in [9.17, 15) is 9.18 Å². The molecule has 0 aliphatic heterocycles. The number of nitrogens with zero attached hydrogens (tertiary/aromatic N) is 1. The van der Waals surface area contributed by atoms with Crippen molar-refractivity contribution in [3.05, 3.63) is 58.6 Å². The molecule has 0 aliphatic rings. The fourth-order valence-electron chi connectivity index (χ4n) is 1.80. The molecule has 0 saturated carbocycles. The van der Waals surface area contributed by atoms with E-state index in [-0.39, 0.29) is 11.2 Å². The molecule has 0 bridgehead atoms. The van der Waals surface area contributed by atoms with Crippen LogP contribution < -0.4 is 11.3 Å². The van der Waals surface area contributed by atoms with Gasteiger partial charge in [-0.05, 0) is 30.3 Å². The lowest BCUT2D eigenvalue weighted by molar-refractivity contribution is 0.632. The summed E-state index contributed by atoms with van der Waals surface area (Å²) in [6, 6.07) is 11.6. The minimum absolute atomic E-state index is 0.0388. The Kier molecular flexibility index (Phi) is 2.41. The Balaban J connectivity index is 2.28.